The molecule has 4 nitrogen and oxygen atoms in total. The van der Waals surface area contributed by atoms with Crippen molar-refractivity contribution in [2.75, 3.05) is 5.75 Å². The summed E-state index contributed by atoms with van der Waals surface area (Å²) in [5.41, 5.74) is -1.67. The summed E-state index contributed by atoms with van der Waals surface area (Å²) >= 11 is 0.934. The number of nitrogens with zero attached hydrogens (tertiary/aromatic N) is 1. The number of carbonyl (C=O) groups excluding carboxylic acids is 1. The van der Waals surface area contributed by atoms with Crippen LogP contribution in [-0.4, -0.2) is 15.8 Å². The number of benzene rings is 1. The number of carbonyl (C=O) groups is 1. The number of halogens is 3. The van der Waals surface area contributed by atoms with E-state index in [1.165, 1.54) is 13.0 Å². The Morgan fingerprint density at radius 2 is 2.10 bits per heavy atom. The largest absolute Gasteiger partial charge is 0.416 e. The van der Waals surface area contributed by atoms with Gasteiger partial charge in [-0.3, -0.25) is 14.9 Å². The molecule has 0 aliphatic carbocycles. The Hall–Kier alpha value is -1.83. The fourth-order valence-corrected chi connectivity index (χ4v) is 1.83. The van der Waals surface area contributed by atoms with Crippen LogP contribution in [0, 0.1) is 10.1 Å². The Kier molecular flexibility index (Phi) is 5.32. The molecule has 1 aromatic carbocycles. The lowest BCUT2D eigenvalue weighted by molar-refractivity contribution is -0.384. The molecule has 0 spiro atoms. The number of hydrogen-bond donors (Lipinski definition) is 0. The van der Waals surface area contributed by atoms with Crippen molar-refractivity contribution in [3.8, 4) is 0 Å². The Morgan fingerprint density at radius 3 is 2.60 bits per heavy atom. The maximum absolute atomic E-state index is 12.8. The molecule has 0 aliphatic heterocycles. The van der Waals surface area contributed by atoms with Gasteiger partial charge in [-0.2, -0.15) is 13.2 Å². The van der Waals surface area contributed by atoms with Crippen LogP contribution in [0.4, 0.5) is 18.9 Å². The van der Waals surface area contributed by atoms with E-state index < -0.39 is 22.4 Å². The van der Waals surface area contributed by atoms with E-state index in [1.807, 2.05) is 0 Å². The fraction of sp³-hybridized carbons (Fsp3) is 0.250. The fourth-order valence-electron chi connectivity index (χ4n) is 1.40. The summed E-state index contributed by atoms with van der Waals surface area (Å²) < 4.78 is 38.3. The monoisotopic (exact) mass is 305 g/mol. The van der Waals surface area contributed by atoms with Crippen LogP contribution in [0.3, 0.4) is 0 Å². The Bertz CT molecular complexity index is 555. The minimum atomic E-state index is -4.59. The first-order valence-corrected chi connectivity index (χ1v) is 6.36. The van der Waals surface area contributed by atoms with Crippen molar-refractivity contribution in [1.82, 2.24) is 0 Å². The molecule has 0 radical (unpaired) electrons. The zero-order chi connectivity index (χ0) is 15.3. The Morgan fingerprint density at radius 1 is 1.45 bits per heavy atom. The third-order valence-corrected chi connectivity index (χ3v) is 3.00. The summed E-state index contributed by atoms with van der Waals surface area (Å²) in [5.74, 6) is 0.204. The van der Waals surface area contributed by atoms with Gasteiger partial charge in [-0.25, -0.2) is 0 Å². The molecule has 108 valence electrons. The van der Waals surface area contributed by atoms with Crippen molar-refractivity contribution >= 4 is 28.6 Å². The van der Waals surface area contributed by atoms with Crippen molar-refractivity contribution in [1.29, 1.82) is 0 Å². The van der Waals surface area contributed by atoms with Crippen LogP contribution in [0.5, 0.6) is 0 Å². The molecule has 1 aromatic rings. The molecule has 0 saturated carbocycles. The molecule has 0 atom stereocenters. The zero-order valence-electron chi connectivity index (χ0n) is 10.3. The second-order valence-electron chi connectivity index (χ2n) is 3.73. The summed E-state index contributed by atoms with van der Waals surface area (Å²) in [4.78, 5) is 20.5. The van der Waals surface area contributed by atoms with Gasteiger partial charge < -0.3 is 0 Å². The first kappa shape index (κ1) is 16.2. The highest BCUT2D eigenvalue weighted by Gasteiger charge is 2.33. The lowest BCUT2D eigenvalue weighted by atomic mass is 10.1. The van der Waals surface area contributed by atoms with Gasteiger partial charge in [0.15, 0.2) is 5.12 Å². The molecule has 0 N–H and O–H groups in total. The number of rotatable bonds is 4. The van der Waals surface area contributed by atoms with E-state index in [0.29, 0.717) is 6.07 Å². The molecule has 1 rings (SSSR count). The average Bonchev–Trinajstić information content (AvgIpc) is 2.32. The molecule has 0 fully saturated rings. The standard InChI is InChI=1S/C12H10F3NO3S/c1-8(17)20-6-2-3-9-7-10(16(18)19)4-5-11(9)12(13,14)15/h2-5,7H,6H2,1H3. The summed E-state index contributed by atoms with van der Waals surface area (Å²) in [6, 6.07) is 2.35. The highest BCUT2D eigenvalue weighted by molar-refractivity contribution is 8.13. The van der Waals surface area contributed by atoms with E-state index in [-0.39, 0.29) is 16.4 Å². The van der Waals surface area contributed by atoms with E-state index in [1.54, 1.807) is 0 Å². The maximum atomic E-state index is 12.8. The number of nitro groups is 1. The SMILES string of the molecule is CC(=O)SCC=Cc1cc([N+](=O)[O-])ccc1C(F)(F)F. The first-order valence-electron chi connectivity index (χ1n) is 5.37. The van der Waals surface area contributed by atoms with Gasteiger partial charge in [-0.15, -0.1) is 0 Å². The van der Waals surface area contributed by atoms with Gasteiger partial charge in [0, 0.05) is 24.8 Å². The van der Waals surface area contributed by atoms with Crippen molar-refractivity contribution < 1.29 is 22.9 Å². The lowest BCUT2D eigenvalue weighted by Gasteiger charge is -2.09. The summed E-state index contributed by atoms with van der Waals surface area (Å²) in [6.45, 7) is 1.34. The van der Waals surface area contributed by atoms with E-state index >= 15 is 0 Å². The average molecular weight is 305 g/mol. The van der Waals surface area contributed by atoms with Gasteiger partial charge in [0.25, 0.3) is 5.69 Å². The van der Waals surface area contributed by atoms with Crippen LogP contribution in [-0.2, 0) is 11.0 Å². The highest BCUT2D eigenvalue weighted by Crippen LogP contribution is 2.34. The van der Waals surface area contributed by atoms with Crippen LogP contribution in [0.25, 0.3) is 6.08 Å². The van der Waals surface area contributed by atoms with Crippen molar-refractivity contribution in [2.45, 2.75) is 13.1 Å². The molecule has 0 bridgehead atoms. The predicted molar refractivity (Wildman–Crippen MR) is 70.3 cm³/mol. The third-order valence-electron chi connectivity index (χ3n) is 2.23. The zero-order valence-corrected chi connectivity index (χ0v) is 11.1. The molecule has 0 heterocycles. The van der Waals surface area contributed by atoms with Crippen LogP contribution in [0.15, 0.2) is 24.3 Å². The topological polar surface area (TPSA) is 60.2 Å². The molecule has 0 aliphatic rings. The van der Waals surface area contributed by atoms with E-state index in [0.717, 1.165) is 30.0 Å². The van der Waals surface area contributed by atoms with E-state index in [2.05, 4.69) is 0 Å². The van der Waals surface area contributed by atoms with Crippen LogP contribution in [0.1, 0.15) is 18.1 Å². The summed E-state index contributed by atoms with van der Waals surface area (Å²) in [5, 5.41) is 10.4. The number of nitro benzene ring substituents is 1. The molecule has 8 heteroatoms. The molecule has 20 heavy (non-hydrogen) atoms. The van der Waals surface area contributed by atoms with Crippen LogP contribution >= 0.6 is 11.8 Å². The number of alkyl halides is 3. The summed E-state index contributed by atoms with van der Waals surface area (Å²) in [7, 11) is 0. The van der Waals surface area contributed by atoms with Gasteiger partial charge in [0.1, 0.15) is 0 Å². The smallest absolute Gasteiger partial charge is 0.288 e. The number of non-ortho nitro benzene ring substituents is 1. The lowest BCUT2D eigenvalue weighted by Crippen LogP contribution is -2.07. The van der Waals surface area contributed by atoms with Gasteiger partial charge in [-0.1, -0.05) is 23.9 Å². The minimum Gasteiger partial charge on any atom is -0.288 e. The third kappa shape index (κ3) is 4.69. The predicted octanol–water partition coefficient (Wildman–Crippen LogP) is 3.91. The van der Waals surface area contributed by atoms with Crippen LogP contribution < -0.4 is 0 Å². The van der Waals surface area contributed by atoms with E-state index in [4.69, 9.17) is 0 Å². The molecular formula is C12H10F3NO3S. The van der Waals surface area contributed by atoms with Crippen molar-refractivity contribution in [3.05, 3.63) is 45.5 Å². The van der Waals surface area contributed by atoms with Gasteiger partial charge in [-0.05, 0) is 11.6 Å². The first-order chi connectivity index (χ1) is 9.21. The number of hydrogen-bond acceptors (Lipinski definition) is 4. The van der Waals surface area contributed by atoms with Crippen molar-refractivity contribution in [3.63, 3.8) is 0 Å². The Labute approximate surface area is 116 Å². The molecule has 0 aromatic heterocycles. The van der Waals surface area contributed by atoms with Gasteiger partial charge in [0.2, 0.25) is 0 Å². The maximum Gasteiger partial charge on any atom is 0.416 e. The van der Waals surface area contributed by atoms with Crippen molar-refractivity contribution in [2.24, 2.45) is 0 Å². The highest BCUT2D eigenvalue weighted by atomic mass is 32.2. The molecule has 0 amide bonds. The molecule has 0 saturated heterocycles. The second kappa shape index (κ2) is 6.56. The van der Waals surface area contributed by atoms with Gasteiger partial charge in [0.05, 0.1) is 10.5 Å². The summed E-state index contributed by atoms with van der Waals surface area (Å²) in [6.07, 6.45) is -2.10. The quantitative estimate of drug-likeness (QED) is 0.625. The van der Waals surface area contributed by atoms with Crippen LogP contribution in [0.2, 0.25) is 0 Å². The minimum absolute atomic E-state index is 0.162. The number of thioether (sulfide) groups is 1. The second-order valence-corrected chi connectivity index (χ2v) is 4.93. The van der Waals surface area contributed by atoms with Gasteiger partial charge >= 0.3 is 6.18 Å². The normalized spacial score (nSPS) is 11.8. The molecule has 0 unspecified atom stereocenters. The Balaban J connectivity index is 3.09. The molecular weight excluding hydrogens is 295 g/mol. The van der Waals surface area contributed by atoms with E-state index in [9.17, 15) is 28.1 Å².